The summed E-state index contributed by atoms with van der Waals surface area (Å²) in [4.78, 5) is 41.3. The molecule has 0 bridgehead atoms. The second kappa shape index (κ2) is 15.9. The molecule has 2 fully saturated rings. The van der Waals surface area contributed by atoms with Crippen LogP contribution in [-0.2, 0) is 22.6 Å². The molecule has 5 rings (SSSR count). The van der Waals surface area contributed by atoms with Crippen LogP contribution in [-0.4, -0.2) is 62.7 Å². The van der Waals surface area contributed by atoms with E-state index in [-0.39, 0.29) is 22.9 Å². The average Bonchev–Trinajstić information content (AvgIpc) is 3.32. The number of carbonyl (C=O) groups excluding carboxylic acids is 2. The third-order valence-electron chi connectivity index (χ3n) is 8.17. The lowest BCUT2D eigenvalue weighted by Crippen LogP contribution is -2.41. The molecule has 0 atom stereocenters. The Morgan fingerprint density at radius 2 is 1.74 bits per heavy atom. The molecule has 2 aliphatic rings. The van der Waals surface area contributed by atoms with E-state index in [1.807, 2.05) is 72.5 Å². The monoisotopic (exact) mass is 658 g/mol. The molecular formula is C36H38N2O6S2. The highest BCUT2D eigenvalue weighted by molar-refractivity contribution is 8.26. The van der Waals surface area contributed by atoms with Crippen molar-refractivity contribution in [1.82, 2.24) is 9.80 Å². The van der Waals surface area contributed by atoms with Gasteiger partial charge in [0.1, 0.15) is 17.5 Å². The lowest BCUT2D eigenvalue weighted by Gasteiger charge is -2.34. The average molecular weight is 659 g/mol. The van der Waals surface area contributed by atoms with Crippen LogP contribution >= 0.6 is 24.0 Å². The van der Waals surface area contributed by atoms with Crippen LogP contribution in [0.3, 0.4) is 0 Å². The number of aliphatic carboxylic acids is 1. The topological polar surface area (TPSA) is 96.4 Å². The zero-order chi connectivity index (χ0) is 32.5. The highest BCUT2D eigenvalue weighted by atomic mass is 32.2. The molecule has 10 heteroatoms. The van der Waals surface area contributed by atoms with Gasteiger partial charge in [0, 0.05) is 30.1 Å². The maximum Gasteiger partial charge on any atom is 0.323 e. The van der Waals surface area contributed by atoms with Crippen LogP contribution in [0.5, 0.6) is 11.5 Å². The summed E-state index contributed by atoms with van der Waals surface area (Å²) in [6.45, 7) is 2.77. The van der Waals surface area contributed by atoms with E-state index in [9.17, 15) is 19.5 Å². The largest absolute Gasteiger partial charge is 0.489 e. The zero-order valence-corrected chi connectivity index (χ0v) is 27.5. The standard InChI is InChI=1S/C36H38N2O6S2/c1-2-37(28-14-7-4-8-15-28)34(41)29-16-10-9-13-27(29)24-44-31-21-26(22-32-35(42)38(23-33(39)40)36(45)46-32)17-18-30(31)43-20-19-25-11-5-3-6-12-25/h3,5-6,9-13,16-18,21-22,28H,2,4,7-8,14-15,19-20,23-24H2,1H3,(H,39,40). The van der Waals surface area contributed by atoms with Crippen molar-refractivity contribution < 1.29 is 29.0 Å². The number of carboxylic acid groups (broad SMARTS) is 1. The van der Waals surface area contributed by atoms with Gasteiger partial charge in [0.15, 0.2) is 11.5 Å². The van der Waals surface area contributed by atoms with Gasteiger partial charge in [-0.05, 0) is 55.2 Å². The fraction of sp³-hybridized carbons (Fsp3) is 0.333. The number of amides is 2. The number of rotatable bonds is 13. The molecule has 1 saturated heterocycles. The van der Waals surface area contributed by atoms with Gasteiger partial charge in [0.25, 0.3) is 11.8 Å². The lowest BCUT2D eigenvalue weighted by atomic mass is 9.93. The Labute approximate surface area is 279 Å². The summed E-state index contributed by atoms with van der Waals surface area (Å²) in [5, 5.41) is 9.18. The van der Waals surface area contributed by atoms with Gasteiger partial charge in [-0.3, -0.25) is 19.3 Å². The normalized spacial score (nSPS) is 16.1. The summed E-state index contributed by atoms with van der Waals surface area (Å²) in [7, 11) is 0. The van der Waals surface area contributed by atoms with Crippen molar-refractivity contribution in [2.45, 2.75) is 58.1 Å². The molecule has 3 aromatic rings. The third-order valence-corrected chi connectivity index (χ3v) is 9.55. The molecule has 0 spiro atoms. The zero-order valence-electron chi connectivity index (χ0n) is 25.9. The Balaban J connectivity index is 1.38. The molecule has 1 saturated carbocycles. The number of thiocarbonyl (C=S) groups is 1. The fourth-order valence-corrected chi connectivity index (χ4v) is 7.07. The van der Waals surface area contributed by atoms with Crippen molar-refractivity contribution in [3.63, 3.8) is 0 Å². The van der Waals surface area contributed by atoms with Gasteiger partial charge in [0.2, 0.25) is 0 Å². The van der Waals surface area contributed by atoms with E-state index >= 15 is 0 Å². The summed E-state index contributed by atoms with van der Waals surface area (Å²) in [6, 6.07) is 23.3. The smallest absolute Gasteiger partial charge is 0.323 e. The molecule has 1 N–H and O–H groups in total. The van der Waals surface area contributed by atoms with Crippen LogP contribution in [0.15, 0.2) is 77.7 Å². The number of benzene rings is 3. The first-order valence-electron chi connectivity index (χ1n) is 15.6. The Morgan fingerprint density at radius 1 is 1.00 bits per heavy atom. The van der Waals surface area contributed by atoms with Gasteiger partial charge in [-0.25, -0.2) is 0 Å². The molecule has 240 valence electrons. The molecule has 1 aliphatic carbocycles. The number of hydrogen-bond acceptors (Lipinski definition) is 7. The highest BCUT2D eigenvalue weighted by Crippen LogP contribution is 2.35. The Hall–Kier alpha value is -4.15. The first kappa shape index (κ1) is 33.2. The number of carbonyl (C=O) groups is 3. The lowest BCUT2D eigenvalue weighted by molar-refractivity contribution is -0.140. The first-order valence-corrected chi connectivity index (χ1v) is 16.9. The van der Waals surface area contributed by atoms with Crippen LogP contribution in [0.25, 0.3) is 6.08 Å². The number of ether oxygens (including phenoxy) is 2. The Morgan fingerprint density at radius 3 is 2.48 bits per heavy atom. The predicted molar refractivity (Wildman–Crippen MR) is 184 cm³/mol. The van der Waals surface area contributed by atoms with E-state index in [0.29, 0.717) is 47.1 Å². The molecule has 3 aromatic carbocycles. The van der Waals surface area contributed by atoms with Crippen LogP contribution < -0.4 is 9.47 Å². The molecule has 0 unspecified atom stereocenters. The number of hydrogen-bond donors (Lipinski definition) is 1. The van der Waals surface area contributed by atoms with Crippen molar-refractivity contribution in [2.75, 3.05) is 19.7 Å². The number of carboxylic acids is 1. The van der Waals surface area contributed by atoms with E-state index in [2.05, 4.69) is 0 Å². The molecule has 1 heterocycles. The predicted octanol–water partition coefficient (Wildman–Crippen LogP) is 6.97. The number of nitrogens with zero attached hydrogens (tertiary/aromatic N) is 2. The number of thioether (sulfide) groups is 1. The highest BCUT2D eigenvalue weighted by Gasteiger charge is 2.33. The molecule has 0 radical (unpaired) electrons. The second-order valence-corrected chi connectivity index (χ2v) is 13.0. The van der Waals surface area contributed by atoms with E-state index in [0.717, 1.165) is 53.5 Å². The quantitative estimate of drug-likeness (QED) is 0.156. The summed E-state index contributed by atoms with van der Waals surface area (Å²) >= 11 is 6.31. The van der Waals surface area contributed by atoms with E-state index in [4.69, 9.17) is 21.7 Å². The summed E-state index contributed by atoms with van der Waals surface area (Å²) in [6.07, 6.45) is 7.95. The SMILES string of the molecule is CCN(C(=O)c1ccccc1COc1cc(C=C2SC(=S)N(CC(=O)O)C2=O)ccc1OCCc1ccccc1)C1CCCCC1. The van der Waals surface area contributed by atoms with Crippen molar-refractivity contribution >= 4 is 52.2 Å². The summed E-state index contributed by atoms with van der Waals surface area (Å²) in [5.41, 5.74) is 3.22. The maximum absolute atomic E-state index is 13.8. The van der Waals surface area contributed by atoms with Crippen LogP contribution in [0.2, 0.25) is 0 Å². The van der Waals surface area contributed by atoms with Gasteiger partial charge in [-0.2, -0.15) is 0 Å². The minimum absolute atomic E-state index is 0.0186. The van der Waals surface area contributed by atoms with E-state index in [1.165, 1.54) is 6.42 Å². The molecule has 46 heavy (non-hydrogen) atoms. The van der Waals surface area contributed by atoms with Crippen LogP contribution in [0, 0.1) is 0 Å². The minimum atomic E-state index is -1.13. The van der Waals surface area contributed by atoms with E-state index < -0.39 is 18.4 Å². The second-order valence-electron chi connectivity index (χ2n) is 11.3. The van der Waals surface area contributed by atoms with Gasteiger partial charge < -0.3 is 19.5 Å². The third kappa shape index (κ3) is 8.35. The van der Waals surface area contributed by atoms with Crippen molar-refractivity contribution in [3.8, 4) is 11.5 Å². The molecular weight excluding hydrogens is 621 g/mol. The maximum atomic E-state index is 13.8. The minimum Gasteiger partial charge on any atom is -0.489 e. The molecule has 1 aliphatic heterocycles. The molecule has 2 amide bonds. The van der Waals surface area contributed by atoms with Crippen LogP contribution in [0.1, 0.15) is 66.1 Å². The van der Waals surface area contributed by atoms with Crippen molar-refractivity contribution in [1.29, 1.82) is 0 Å². The van der Waals surface area contributed by atoms with Crippen LogP contribution in [0.4, 0.5) is 0 Å². The van der Waals surface area contributed by atoms with Gasteiger partial charge in [0.05, 0.1) is 11.5 Å². The van der Waals surface area contributed by atoms with Gasteiger partial charge in [-0.15, -0.1) is 0 Å². The van der Waals surface area contributed by atoms with Gasteiger partial charge in [-0.1, -0.05) is 97.8 Å². The summed E-state index contributed by atoms with van der Waals surface area (Å²) < 4.78 is 12.8. The van der Waals surface area contributed by atoms with Crippen molar-refractivity contribution in [2.24, 2.45) is 0 Å². The Kier molecular flexibility index (Phi) is 11.5. The Bertz CT molecular complexity index is 1600. The summed E-state index contributed by atoms with van der Waals surface area (Å²) in [5.74, 6) is -0.568. The van der Waals surface area contributed by atoms with Crippen molar-refractivity contribution in [3.05, 3.63) is 100.0 Å². The van der Waals surface area contributed by atoms with Gasteiger partial charge >= 0.3 is 5.97 Å². The molecule has 0 aromatic heterocycles. The fourth-order valence-electron chi connectivity index (χ4n) is 5.82. The van der Waals surface area contributed by atoms with E-state index in [1.54, 1.807) is 18.2 Å². The first-order chi connectivity index (χ1) is 22.3. The molecule has 8 nitrogen and oxygen atoms in total.